The predicted molar refractivity (Wildman–Crippen MR) is 78.5 cm³/mol. The lowest BCUT2D eigenvalue weighted by Gasteiger charge is -2.26. The molecule has 2 fully saturated rings. The van der Waals surface area contributed by atoms with Gasteiger partial charge in [-0.15, -0.1) is 0 Å². The van der Waals surface area contributed by atoms with E-state index in [2.05, 4.69) is 17.4 Å². The van der Waals surface area contributed by atoms with Gasteiger partial charge >= 0.3 is 0 Å². The highest BCUT2D eigenvalue weighted by Crippen LogP contribution is 2.41. The molecule has 1 saturated carbocycles. The minimum atomic E-state index is 0.405. The fourth-order valence-electron chi connectivity index (χ4n) is 2.88. The minimum absolute atomic E-state index is 0.405. The first-order chi connectivity index (χ1) is 9.33. The third-order valence-corrected chi connectivity index (χ3v) is 4.41. The molecule has 0 unspecified atom stereocenters. The Labute approximate surface area is 120 Å². The van der Waals surface area contributed by atoms with Gasteiger partial charge in [0.1, 0.15) is 0 Å². The van der Waals surface area contributed by atoms with E-state index in [0.717, 1.165) is 24.1 Å². The Morgan fingerprint density at radius 2 is 1.95 bits per heavy atom. The Balaban J connectivity index is 1.59. The van der Waals surface area contributed by atoms with Crippen molar-refractivity contribution >= 4 is 11.6 Å². The summed E-state index contributed by atoms with van der Waals surface area (Å²) in [5.41, 5.74) is 1.36. The normalized spacial score (nSPS) is 25.2. The Bertz CT molecular complexity index is 396. The number of nitrogens with one attached hydrogen (secondary N) is 1. The Morgan fingerprint density at radius 3 is 2.58 bits per heavy atom. The lowest BCUT2D eigenvalue weighted by molar-refractivity contribution is 0.0149. The van der Waals surface area contributed by atoms with Gasteiger partial charge in [0, 0.05) is 24.2 Å². The molecular formula is C16H22ClNO. The molecule has 2 nitrogen and oxygen atoms in total. The van der Waals surface area contributed by atoms with Crippen molar-refractivity contribution in [2.45, 2.75) is 44.2 Å². The number of ether oxygens (including phenoxy) is 1. The van der Waals surface area contributed by atoms with Crippen LogP contribution in [0.25, 0.3) is 0 Å². The van der Waals surface area contributed by atoms with Gasteiger partial charge in [-0.1, -0.05) is 23.7 Å². The van der Waals surface area contributed by atoms with Gasteiger partial charge in [0.25, 0.3) is 0 Å². The molecule has 0 amide bonds. The quantitative estimate of drug-likeness (QED) is 0.881. The van der Waals surface area contributed by atoms with Crippen molar-refractivity contribution in [1.82, 2.24) is 5.32 Å². The van der Waals surface area contributed by atoms with Crippen LogP contribution in [0, 0.1) is 5.92 Å². The van der Waals surface area contributed by atoms with Crippen LogP contribution < -0.4 is 5.32 Å². The predicted octanol–water partition coefficient (Wildman–Crippen LogP) is 3.95. The summed E-state index contributed by atoms with van der Waals surface area (Å²) in [5.74, 6) is 0.796. The fourth-order valence-corrected chi connectivity index (χ4v) is 3.01. The first kappa shape index (κ1) is 13.4. The summed E-state index contributed by atoms with van der Waals surface area (Å²) in [6.45, 7) is 1.91. The summed E-state index contributed by atoms with van der Waals surface area (Å²) in [5, 5.41) is 4.53. The summed E-state index contributed by atoms with van der Waals surface area (Å²) in [6.07, 6.45) is 6.81. The number of benzene rings is 1. The number of hydrogen-bond donors (Lipinski definition) is 1. The van der Waals surface area contributed by atoms with Gasteiger partial charge < -0.3 is 10.1 Å². The third kappa shape index (κ3) is 3.71. The lowest BCUT2D eigenvalue weighted by Crippen LogP contribution is -2.34. The van der Waals surface area contributed by atoms with Crippen LogP contribution in [-0.2, 0) is 4.74 Å². The van der Waals surface area contributed by atoms with Crippen LogP contribution in [0.3, 0.4) is 0 Å². The first-order valence-electron chi connectivity index (χ1n) is 7.43. The zero-order valence-electron chi connectivity index (χ0n) is 11.3. The molecule has 1 aliphatic heterocycles. The molecule has 19 heavy (non-hydrogen) atoms. The summed E-state index contributed by atoms with van der Waals surface area (Å²) in [4.78, 5) is 0. The van der Waals surface area contributed by atoms with Crippen molar-refractivity contribution in [3.05, 3.63) is 34.9 Å². The second kappa shape index (κ2) is 6.25. The fraction of sp³-hybridized carbons (Fsp3) is 0.625. The van der Waals surface area contributed by atoms with Crippen molar-refractivity contribution in [1.29, 1.82) is 0 Å². The average Bonchev–Trinajstić information content (AvgIpc) is 3.27. The zero-order valence-corrected chi connectivity index (χ0v) is 12.0. The molecule has 0 bridgehead atoms. The molecule has 1 N–H and O–H groups in total. The highest BCUT2D eigenvalue weighted by Gasteiger charge is 2.32. The number of rotatable bonds is 5. The molecule has 2 aliphatic rings. The molecule has 0 radical (unpaired) electrons. The van der Waals surface area contributed by atoms with Crippen LogP contribution >= 0.6 is 11.6 Å². The van der Waals surface area contributed by atoms with E-state index in [1.165, 1.54) is 37.7 Å². The van der Waals surface area contributed by atoms with Crippen LogP contribution in [0.15, 0.2) is 24.3 Å². The largest absolute Gasteiger partial charge is 0.377 e. The Morgan fingerprint density at radius 1 is 1.16 bits per heavy atom. The van der Waals surface area contributed by atoms with Crippen LogP contribution in [0.1, 0.15) is 43.7 Å². The van der Waals surface area contributed by atoms with E-state index in [1.807, 2.05) is 12.1 Å². The van der Waals surface area contributed by atoms with Crippen molar-refractivity contribution in [2.24, 2.45) is 5.92 Å². The number of hydrogen-bond acceptors (Lipinski definition) is 2. The van der Waals surface area contributed by atoms with E-state index in [0.29, 0.717) is 12.1 Å². The summed E-state index contributed by atoms with van der Waals surface area (Å²) < 4.78 is 5.80. The summed E-state index contributed by atoms with van der Waals surface area (Å²) in [7, 11) is 0. The maximum absolute atomic E-state index is 5.97. The highest BCUT2D eigenvalue weighted by atomic mass is 35.5. The van der Waals surface area contributed by atoms with E-state index in [1.54, 1.807) is 0 Å². The maximum Gasteiger partial charge on any atom is 0.0699 e. The van der Waals surface area contributed by atoms with Crippen molar-refractivity contribution < 1.29 is 4.74 Å². The summed E-state index contributed by atoms with van der Waals surface area (Å²) >= 11 is 5.97. The molecular weight excluding hydrogens is 258 g/mol. The Kier molecular flexibility index (Phi) is 4.42. The van der Waals surface area contributed by atoms with E-state index in [9.17, 15) is 0 Å². The molecule has 1 aromatic carbocycles. The topological polar surface area (TPSA) is 21.3 Å². The molecule has 1 saturated heterocycles. The SMILES string of the molecule is Clc1ccc([C@H](NC[C@@H]2CCCCO2)C2CC2)cc1. The van der Waals surface area contributed by atoms with E-state index in [4.69, 9.17) is 16.3 Å². The summed E-state index contributed by atoms with van der Waals surface area (Å²) in [6, 6.07) is 8.76. The van der Waals surface area contributed by atoms with Crippen molar-refractivity contribution in [3.63, 3.8) is 0 Å². The van der Waals surface area contributed by atoms with Gasteiger partial charge in [-0.2, -0.15) is 0 Å². The molecule has 3 rings (SSSR count). The van der Waals surface area contributed by atoms with E-state index >= 15 is 0 Å². The number of halogens is 1. The molecule has 1 aliphatic carbocycles. The molecule has 3 heteroatoms. The molecule has 0 aromatic heterocycles. The molecule has 2 atom stereocenters. The molecule has 0 spiro atoms. The van der Waals surface area contributed by atoms with E-state index < -0.39 is 0 Å². The van der Waals surface area contributed by atoms with Crippen molar-refractivity contribution in [2.75, 3.05) is 13.2 Å². The van der Waals surface area contributed by atoms with Gasteiger partial charge in [-0.25, -0.2) is 0 Å². The van der Waals surface area contributed by atoms with Gasteiger partial charge in [0.15, 0.2) is 0 Å². The zero-order chi connectivity index (χ0) is 13.1. The van der Waals surface area contributed by atoms with Crippen molar-refractivity contribution in [3.8, 4) is 0 Å². The van der Waals surface area contributed by atoms with Gasteiger partial charge in [0.05, 0.1) is 6.10 Å². The van der Waals surface area contributed by atoms with Crippen LogP contribution in [0.2, 0.25) is 5.02 Å². The van der Waals surface area contributed by atoms with Gasteiger partial charge in [-0.05, 0) is 55.7 Å². The van der Waals surface area contributed by atoms with Gasteiger partial charge in [0.2, 0.25) is 0 Å². The lowest BCUT2D eigenvalue weighted by atomic mass is 10.0. The minimum Gasteiger partial charge on any atom is -0.377 e. The van der Waals surface area contributed by atoms with E-state index in [-0.39, 0.29) is 0 Å². The second-order valence-electron chi connectivity index (χ2n) is 5.76. The smallest absolute Gasteiger partial charge is 0.0699 e. The van der Waals surface area contributed by atoms with Gasteiger partial charge in [-0.3, -0.25) is 0 Å². The van der Waals surface area contributed by atoms with Crippen LogP contribution in [0.5, 0.6) is 0 Å². The standard InChI is InChI=1S/C16H22ClNO/c17-14-8-6-13(7-9-14)16(12-4-5-12)18-11-15-3-1-2-10-19-15/h6-9,12,15-16,18H,1-5,10-11H2/t15-,16+/m0/s1. The van der Waals surface area contributed by atoms with Crippen LogP contribution in [0.4, 0.5) is 0 Å². The van der Waals surface area contributed by atoms with Crippen LogP contribution in [-0.4, -0.2) is 19.3 Å². The molecule has 104 valence electrons. The first-order valence-corrected chi connectivity index (χ1v) is 7.81. The third-order valence-electron chi connectivity index (χ3n) is 4.16. The Hall–Kier alpha value is -0.570. The molecule has 1 heterocycles. The monoisotopic (exact) mass is 279 g/mol. The highest BCUT2D eigenvalue weighted by molar-refractivity contribution is 6.30. The average molecular weight is 280 g/mol. The maximum atomic E-state index is 5.97. The second-order valence-corrected chi connectivity index (χ2v) is 6.20. The molecule has 1 aromatic rings.